The van der Waals surface area contributed by atoms with E-state index in [1.807, 2.05) is 24.5 Å². The number of nitro groups is 1. The lowest BCUT2D eigenvalue weighted by Crippen LogP contribution is -2.33. The maximum absolute atomic E-state index is 12.2. The highest BCUT2D eigenvalue weighted by Crippen LogP contribution is 2.26. The van der Waals surface area contributed by atoms with Crippen molar-refractivity contribution < 1.29 is 14.5 Å². The summed E-state index contributed by atoms with van der Waals surface area (Å²) < 4.78 is 0. The summed E-state index contributed by atoms with van der Waals surface area (Å²) in [7, 11) is 1.50. The summed E-state index contributed by atoms with van der Waals surface area (Å²) in [6.45, 7) is -0.132. The molecule has 2 aromatic carbocycles. The van der Waals surface area contributed by atoms with Crippen molar-refractivity contribution in [1.29, 1.82) is 0 Å². The normalized spacial score (nSPS) is 10.7. The lowest BCUT2D eigenvalue weighted by molar-refractivity contribution is -0.384. The van der Waals surface area contributed by atoms with Crippen LogP contribution in [0.25, 0.3) is 6.08 Å². The van der Waals surface area contributed by atoms with Crippen molar-refractivity contribution in [3.8, 4) is 0 Å². The number of carbonyl (C=O) groups excluding carboxylic acids is 2. The fourth-order valence-electron chi connectivity index (χ4n) is 2.30. The molecule has 0 heterocycles. The van der Waals surface area contributed by atoms with Gasteiger partial charge in [0.1, 0.15) is 5.02 Å². The van der Waals surface area contributed by atoms with E-state index in [0.717, 1.165) is 4.90 Å². The largest absolute Gasteiger partial charge is 0.333 e. The third-order valence-electron chi connectivity index (χ3n) is 3.72. The van der Waals surface area contributed by atoms with Gasteiger partial charge in [-0.2, -0.15) is 0 Å². The van der Waals surface area contributed by atoms with Gasteiger partial charge in [0.15, 0.2) is 0 Å². The Morgan fingerprint density at radius 1 is 1.29 bits per heavy atom. The third-order valence-corrected chi connectivity index (χ3v) is 4.84. The first-order valence-electron chi connectivity index (χ1n) is 8.12. The highest BCUT2D eigenvalue weighted by molar-refractivity contribution is 7.98. The van der Waals surface area contributed by atoms with E-state index in [1.54, 1.807) is 12.1 Å². The minimum Gasteiger partial charge on any atom is -0.333 e. The second-order valence-corrected chi connectivity index (χ2v) is 7.00. The van der Waals surface area contributed by atoms with Crippen LogP contribution in [0, 0.1) is 10.1 Å². The van der Waals surface area contributed by atoms with E-state index in [2.05, 4.69) is 5.32 Å². The summed E-state index contributed by atoms with van der Waals surface area (Å²) in [5.74, 6) is -0.737. The Balaban J connectivity index is 1.99. The molecule has 0 atom stereocenters. The number of likely N-dealkylation sites (N-methyl/N-ethyl adjacent to an activating group) is 1. The van der Waals surface area contributed by atoms with Crippen LogP contribution >= 0.6 is 23.4 Å². The van der Waals surface area contributed by atoms with E-state index < -0.39 is 10.8 Å². The molecule has 0 aliphatic carbocycles. The average Bonchev–Trinajstić information content (AvgIpc) is 2.67. The first-order chi connectivity index (χ1) is 13.3. The number of amides is 2. The van der Waals surface area contributed by atoms with Crippen LogP contribution in [0.2, 0.25) is 5.02 Å². The number of hydrogen-bond acceptors (Lipinski definition) is 5. The molecule has 0 aliphatic rings. The topological polar surface area (TPSA) is 92.6 Å². The molecular formula is C19H18ClN3O4S. The molecule has 0 saturated heterocycles. The van der Waals surface area contributed by atoms with Gasteiger partial charge in [-0.25, -0.2) is 0 Å². The van der Waals surface area contributed by atoms with Crippen molar-refractivity contribution >= 4 is 52.6 Å². The standard InChI is InChI=1S/C19H18ClN3O4S/c1-22(12-18(24)21-15-5-3-4-6-17(15)28-2)19(25)10-8-13-7-9-14(20)16(11-13)23(26)27/h3-11H,12H2,1-2H3,(H,21,24). The van der Waals surface area contributed by atoms with E-state index in [-0.39, 0.29) is 23.2 Å². The Labute approximate surface area is 171 Å². The number of hydrogen-bond donors (Lipinski definition) is 1. The summed E-state index contributed by atoms with van der Waals surface area (Å²) >= 11 is 7.27. The Morgan fingerprint density at radius 2 is 2.00 bits per heavy atom. The minimum atomic E-state index is -0.593. The van der Waals surface area contributed by atoms with E-state index >= 15 is 0 Å². The van der Waals surface area contributed by atoms with Crippen LogP contribution in [0.3, 0.4) is 0 Å². The summed E-state index contributed by atoms with van der Waals surface area (Å²) in [5, 5.41) is 13.7. The SMILES string of the molecule is CSc1ccccc1NC(=O)CN(C)C(=O)C=Cc1ccc(Cl)c([N+](=O)[O-])c1. The zero-order chi connectivity index (χ0) is 20.7. The maximum Gasteiger partial charge on any atom is 0.288 e. The fraction of sp³-hybridized carbons (Fsp3) is 0.158. The zero-order valence-corrected chi connectivity index (χ0v) is 16.8. The molecule has 146 valence electrons. The van der Waals surface area contributed by atoms with Crippen LogP contribution in [0.4, 0.5) is 11.4 Å². The Hall–Kier alpha value is -2.84. The smallest absolute Gasteiger partial charge is 0.288 e. The Morgan fingerprint density at radius 3 is 2.68 bits per heavy atom. The Kier molecular flexibility index (Phi) is 7.60. The first-order valence-corrected chi connectivity index (χ1v) is 9.72. The second-order valence-electron chi connectivity index (χ2n) is 5.74. The molecule has 0 radical (unpaired) electrons. The molecule has 0 fully saturated rings. The van der Waals surface area contributed by atoms with Crippen LogP contribution in [0.1, 0.15) is 5.56 Å². The molecule has 9 heteroatoms. The van der Waals surface area contributed by atoms with Crippen LogP contribution in [0.15, 0.2) is 53.4 Å². The van der Waals surface area contributed by atoms with E-state index in [9.17, 15) is 19.7 Å². The van der Waals surface area contributed by atoms with Gasteiger partial charge in [0.05, 0.1) is 17.2 Å². The summed E-state index contributed by atoms with van der Waals surface area (Å²) in [6, 6.07) is 11.6. The van der Waals surface area contributed by atoms with Crippen molar-refractivity contribution in [2.75, 3.05) is 25.2 Å². The zero-order valence-electron chi connectivity index (χ0n) is 15.2. The van der Waals surface area contributed by atoms with Crippen LogP contribution in [0.5, 0.6) is 0 Å². The monoisotopic (exact) mass is 419 g/mol. The molecule has 0 spiro atoms. The molecule has 0 bridgehead atoms. The number of rotatable bonds is 7. The number of thioether (sulfide) groups is 1. The van der Waals surface area contributed by atoms with Gasteiger partial charge in [0.25, 0.3) is 5.69 Å². The van der Waals surface area contributed by atoms with E-state index in [1.165, 1.54) is 48.0 Å². The third kappa shape index (κ3) is 5.83. The number of anilines is 1. The molecule has 0 aromatic heterocycles. The first kappa shape index (κ1) is 21.5. The molecule has 0 saturated carbocycles. The Bertz CT molecular complexity index is 933. The van der Waals surface area contributed by atoms with Gasteiger partial charge in [-0.1, -0.05) is 29.8 Å². The molecule has 2 rings (SSSR count). The summed E-state index contributed by atoms with van der Waals surface area (Å²) in [4.78, 5) is 36.9. The van der Waals surface area contributed by atoms with Crippen molar-refractivity contribution in [3.05, 3.63) is 69.2 Å². The predicted octanol–water partition coefficient (Wildman–Crippen LogP) is 4.08. The second kappa shape index (κ2) is 9.91. The van der Waals surface area contributed by atoms with Gasteiger partial charge in [-0.15, -0.1) is 11.8 Å². The number of carbonyl (C=O) groups is 2. The number of nitrogens with one attached hydrogen (secondary N) is 1. The summed E-state index contributed by atoms with van der Waals surface area (Å²) in [6.07, 6.45) is 4.59. The van der Waals surface area contributed by atoms with E-state index in [4.69, 9.17) is 11.6 Å². The van der Waals surface area contributed by atoms with Crippen molar-refractivity contribution in [2.45, 2.75) is 4.90 Å². The molecule has 2 amide bonds. The van der Waals surface area contributed by atoms with Crippen molar-refractivity contribution in [1.82, 2.24) is 4.90 Å². The fourth-order valence-corrected chi connectivity index (χ4v) is 3.04. The van der Waals surface area contributed by atoms with Gasteiger partial charge < -0.3 is 10.2 Å². The minimum absolute atomic E-state index is 0.0211. The van der Waals surface area contributed by atoms with Crippen molar-refractivity contribution in [3.63, 3.8) is 0 Å². The number of benzene rings is 2. The van der Waals surface area contributed by atoms with Gasteiger partial charge in [0, 0.05) is 24.1 Å². The molecular weight excluding hydrogens is 402 g/mol. The van der Waals surface area contributed by atoms with Crippen molar-refractivity contribution in [2.24, 2.45) is 0 Å². The predicted molar refractivity (Wildman–Crippen MR) is 112 cm³/mol. The average molecular weight is 420 g/mol. The highest BCUT2D eigenvalue weighted by Gasteiger charge is 2.14. The molecule has 28 heavy (non-hydrogen) atoms. The van der Waals surface area contributed by atoms with E-state index in [0.29, 0.717) is 11.3 Å². The van der Waals surface area contributed by atoms with Gasteiger partial charge in [0.2, 0.25) is 11.8 Å². The maximum atomic E-state index is 12.2. The molecule has 1 N–H and O–H groups in total. The number of halogens is 1. The molecule has 0 aliphatic heterocycles. The molecule has 0 unspecified atom stereocenters. The number of nitrogens with zero attached hydrogens (tertiary/aromatic N) is 2. The quantitative estimate of drug-likeness (QED) is 0.316. The number of para-hydroxylation sites is 1. The lowest BCUT2D eigenvalue weighted by Gasteiger charge is -2.15. The van der Waals surface area contributed by atoms with Gasteiger partial charge >= 0.3 is 0 Å². The van der Waals surface area contributed by atoms with Gasteiger partial charge in [-0.3, -0.25) is 19.7 Å². The lowest BCUT2D eigenvalue weighted by atomic mass is 10.2. The van der Waals surface area contributed by atoms with Crippen LogP contribution in [-0.2, 0) is 9.59 Å². The van der Waals surface area contributed by atoms with Crippen LogP contribution in [-0.4, -0.2) is 41.5 Å². The highest BCUT2D eigenvalue weighted by atomic mass is 35.5. The van der Waals surface area contributed by atoms with Crippen LogP contribution < -0.4 is 5.32 Å². The number of nitro benzene ring substituents is 1. The summed E-state index contributed by atoms with van der Waals surface area (Å²) in [5.41, 5.74) is 0.900. The molecule has 2 aromatic rings. The molecule has 7 nitrogen and oxygen atoms in total. The van der Waals surface area contributed by atoms with Gasteiger partial charge in [-0.05, 0) is 36.1 Å².